The lowest BCUT2D eigenvalue weighted by atomic mass is 10.2. The average molecular weight is 354 g/mol. The predicted octanol–water partition coefficient (Wildman–Crippen LogP) is 2.30. The number of hydrogen-bond donors (Lipinski definition) is 0. The van der Waals surface area contributed by atoms with Gasteiger partial charge < -0.3 is 4.74 Å². The van der Waals surface area contributed by atoms with Crippen molar-refractivity contribution >= 4 is 32.5 Å². The highest BCUT2D eigenvalue weighted by atomic mass is 32.2. The third-order valence-corrected chi connectivity index (χ3v) is 6.32. The van der Waals surface area contributed by atoms with Crippen LogP contribution in [0.5, 0.6) is 0 Å². The van der Waals surface area contributed by atoms with Crippen molar-refractivity contribution in [1.82, 2.24) is 4.98 Å². The molecule has 0 aliphatic rings. The second kappa shape index (κ2) is 6.67. The van der Waals surface area contributed by atoms with Gasteiger partial charge in [-0.15, -0.1) is 11.3 Å². The Morgan fingerprint density at radius 2 is 2.04 bits per heavy atom. The van der Waals surface area contributed by atoms with Gasteiger partial charge in [0.2, 0.25) is 0 Å². The summed E-state index contributed by atoms with van der Waals surface area (Å²) in [6.07, 6.45) is 0.0182. The lowest BCUT2D eigenvalue weighted by Crippen LogP contribution is -2.27. The van der Waals surface area contributed by atoms with Gasteiger partial charge in [0, 0.05) is 12.4 Å². The number of carbonyl (C=O) groups is 1. The fraction of sp³-hybridized carbons (Fsp3) is 0.333. The number of ether oxygens (including phenoxy) is 1. The normalized spacial score (nSPS) is 11.3. The van der Waals surface area contributed by atoms with Crippen LogP contribution in [0.15, 0.2) is 28.5 Å². The van der Waals surface area contributed by atoms with Crippen molar-refractivity contribution < 1.29 is 17.9 Å². The molecule has 0 aliphatic heterocycles. The van der Waals surface area contributed by atoms with Crippen LogP contribution in [0.1, 0.15) is 16.8 Å². The van der Waals surface area contributed by atoms with Crippen molar-refractivity contribution in [2.24, 2.45) is 0 Å². The number of benzene rings is 1. The first-order valence-electron chi connectivity index (χ1n) is 6.83. The van der Waals surface area contributed by atoms with Crippen LogP contribution in [0.25, 0.3) is 0 Å². The number of nitrogens with zero attached hydrogens (tertiary/aromatic N) is 2. The standard InChI is InChI=1S/C15H18N2O4S2/c1-10-5-6-11(2)13(7-10)23(19,20)17(3)15-16-12(9-22-15)8-14(18)21-4/h5-7,9H,8H2,1-4H3. The van der Waals surface area contributed by atoms with Crippen LogP contribution in [0.2, 0.25) is 0 Å². The van der Waals surface area contributed by atoms with E-state index < -0.39 is 16.0 Å². The van der Waals surface area contributed by atoms with Crippen molar-refractivity contribution in [3.8, 4) is 0 Å². The Hall–Kier alpha value is -1.93. The van der Waals surface area contributed by atoms with Gasteiger partial charge in [-0.25, -0.2) is 17.7 Å². The molecule has 1 aromatic heterocycles. The van der Waals surface area contributed by atoms with Crippen LogP contribution >= 0.6 is 11.3 Å². The quantitative estimate of drug-likeness (QED) is 0.770. The Kier molecular flexibility index (Phi) is 5.06. The van der Waals surface area contributed by atoms with Gasteiger partial charge in [-0.1, -0.05) is 12.1 Å². The van der Waals surface area contributed by atoms with Gasteiger partial charge in [0.25, 0.3) is 10.0 Å². The minimum atomic E-state index is -3.70. The average Bonchev–Trinajstić information content (AvgIpc) is 2.96. The molecular formula is C15H18N2O4S2. The number of aryl methyl sites for hydroxylation is 2. The monoisotopic (exact) mass is 354 g/mol. The van der Waals surface area contributed by atoms with Gasteiger partial charge in [0.05, 0.1) is 24.1 Å². The van der Waals surface area contributed by atoms with Crippen molar-refractivity contribution in [2.75, 3.05) is 18.5 Å². The van der Waals surface area contributed by atoms with Crippen LogP contribution in [-0.4, -0.2) is 33.5 Å². The van der Waals surface area contributed by atoms with Gasteiger partial charge in [-0.05, 0) is 31.0 Å². The molecule has 0 saturated carbocycles. The van der Waals surface area contributed by atoms with Crippen LogP contribution in [0, 0.1) is 13.8 Å². The molecule has 124 valence electrons. The van der Waals surface area contributed by atoms with E-state index in [2.05, 4.69) is 9.72 Å². The number of sulfonamides is 1. The van der Waals surface area contributed by atoms with Crippen LogP contribution in [-0.2, 0) is 26.0 Å². The molecule has 0 fully saturated rings. The van der Waals surface area contributed by atoms with Crippen LogP contribution in [0.3, 0.4) is 0 Å². The number of aromatic nitrogens is 1. The van der Waals surface area contributed by atoms with E-state index in [4.69, 9.17) is 0 Å². The second-order valence-electron chi connectivity index (χ2n) is 5.12. The first kappa shape index (κ1) is 17.4. The molecule has 0 bridgehead atoms. The zero-order valence-corrected chi connectivity index (χ0v) is 15.0. The summed E-state index contributed by atoms with van der Waals surface area (Å²) in [6.45, 7) is 3.60. The van der Waals surface area contributed by atoms with Gasteiger partial charge >= 0.3 is 5.97 Å². The molecule has 2 aromatic rings. The summed E-state index contributed by atoms with van der Waals surface area (Å²) >= 11 is 1.17. The van der Waals surface area contributed by atoms with Gasteiger partial charge in [-0.3, -0.25) is 4.79 Å². The van der Waals surface area contributed by atoms with Gasteiger partial charge in [0.1, 0.15) is 0 Å². The summed E-state index contributed by atoms with van der Waals surface area (Å²) in [4.78, 5) is 15.7. The summed E-state index contributed by atoms with van der Waals surface area (Å²) in [5.41, 5.74) is 2.03. The first-order chi connectivity index (χ1) is 10.8. The molecule has 0 unspecified atom stereocenters. The minimum absolute atomic E-state index is 0.0182. The van der Waals surface area contributed by atoms with Crippen molar-refractivity contribution in [2.45, 2.75) is 25.2 Å². The molecule has 0 radical (unpaired) electrons. The number of carbonyl (C=O) groups excluding carboxylic acids is 1. The largest absolute Gasteiger partial charge is 0.469 e. The second-order valence-corrected chi connectivity index (χ2v) is 7.89. The molecule has 0 spiro atoms. The predicted molar refractivity (Wildman–Crippen MR) is 89.3 cm³/mol. The molecule has 0 amide bonds. The molecule has 0 aliphatic carbocycles. The number of hydrogen-bond acceptors (Lipinski definition) is 6. The van der Waals surface area contributed by atoms with E-state index in [-0.39, 0.29) is 11.3 Å². The zero-order chi connectivity index (χ0) is 17.2. The SMILES string of the molecule is COC(=O)Cc1csc(N(C)S(=O)(=O)c2cc(C)ccc2C)n1. The first-order valence-corrected chi connectivity index (χ1v) is 9.15. The number of esters is 1. The van der Waals surface area contributed by atoms with E-state index in [1.54, 1.807) is 24.4 Å². The Morgan fingerprint density at radius 1 is 1.35 bits per heavy atom. The van der Waals surface area contributed by atoms with Crippen LogP contribution in [0.4, 0.5) is 5.13 Å². The van der Waals surface area contributed by atoms with E-state index in [1.165, 1.54) is 25.5 Å². The zero-order valence-electron chi connectivity index (χ0n) is 13.4. The van der Waals surface area contributed by atoms with E-state index in [1.807, 2.05) is 13.0 Å². The number of rotatable bonds is 5. The molecule has 0 saturated heterocycles. The molecule has 1 heterocycles. The highest BCUT2D eigenvalue weighted by molar-refractivity contribution is 7.93. The topological polar surface area (TPSA) is 76.6 Å². The lowest BCUT2D eigenvalue weighted by molar-refractivity contribution is -0.139. The molecule has 0 atom stereocenters. The number of methoxy groups -OCH3 is 1. The highest BCUT2D eigenvalue weighted by Crippen LogP contribution is 2.27. The summed E-state index contributed by atoms with van der Waals surface area (Å²) in [6, 6.07) is 5.29. The molecule has 1 aromatic carbocycles. The fourth-order valence-electron chi connectivity index (χ4n) is 1.98. The third kappa shape index (κ3) is 3.70. The summed E-state index contributed by atoms with van der Waals surface area (Å²) < 4.78 is 31.3. The Bertz CT molecular complexity index is 828. The maximum Gasteiger partial charge on any atom is 0.311 e. The number of anilines is 1. The maximum atomic E-state index is 12.8. The van der Waals surface area contributed by atoms with Crippen LogP contribution < -0.4 is 4.31 Å². The molecule has 8 heteroatoms. The van der Waals surface area contributed by atoms with Gasteiger partial charge in [-0.2, -0.15) is 0 Å². The van der Waals surface area contributed by atoms with Crippen molar-refractivity contribution in [1.29, 1.82) is 0 Å². The van der Waals surface area contributed by atoms with Crippen molar-refractivity contribution in [3.63, 3.8) is 0 Å². The van der Waals surface area contributed by atoms with E-state index in [0.717, 1.165) is 9.87 Å². The molecule has 2 rings (SSSR count). The lowest BCUT2D eigenvalue weighted by Gasteiger charge is -2.18. The summed E-state index contributed by atoms with van der Waals surface area (Å²) in [7, 11) is -0.946. The van der Waals surface area contributed by atoms with Gasteiger partial charge in [0.15, 0.2) is 5.13 Å². The Balaban J connectivity index is 2.33. The maximum absolute atomic E-state index is 12.8. The van der Waals surface area contributed by atoms with E-state index in [9.17, 15) is 13.2 Å². The molecule has 6 nitrogen and oxygen atoms in total. The highest BCUT2D eigenvalue weighted by Gasteiger charge is 2.25. The Labute approximate surface area is 139 Å². The van der Waals surface area contributed by atoms with E-state index in [0.29, 0.717) is 16.4 Å². The number of thiazole rings is 1. The van der Waals surface area contributed by atoms with Crippen molar-refractivity contribution in [3.05, 3.63) is 40.4 Å². The fourth-order valence-corrected chi connectivity index (χ4v) is 4.45. The van der Waals surface area contributed by atoms with E-state index >= 15 is 0 Å². The minimum Gasteiger partial charge on any atom is -0.469 e. The molecule has 0 N–H and O–H groups in total. The smallest absolute Gasteiger partial charge is 0.311 e. The summed E-state index contributed by atoms with van der Waals surface area (Å²) in [5, 5.41) is 1.96. The molecular weight excluding hydrogens is 336 g/mol. The third-order valence-electron chi connectivity index (χ3n) is 3.34. The Morgan fingerprint density at radius 3 is 2.70 bits per heavy atom. The summed E-state index contributed by atoms with van der Waals surface area (Å²) in [5.74, 6) is -0.415. The molecule has 23 heavy (non-hydrogen) atoms.